The van der Waals surface area contributed by atoms with E-state index < -0.39 is 0 Å². The molecule has 0 atom stereocenters. The summed E-state index contributed by atoms with van der Waals surface area (Å²) in [7, 11) is 3.87. The Hall–Kier alpha value is -1.84. The van der Waals surface area contributed by atoms with Crippen molar-refractivity contribution in [3.05, 3.63) is 65.7 Å². The molecule has 0 aliphatic heterocycles. The van der Waals surface area contributed by atoms with Crippen LogP contribution in [0.1, 0.15) is 11.1 Å². The number of hydrogen-bond donors (Lipinski definition) is 1. The van der Waals surface area contributed by atoms with E-state index in [1.54, 1.807) is 7.11 Å². The largest absolute Gasteiger partial charge is 0.383 e. The van der Waals surface area contributed by atoms with Crippen molar-refractivity contribution >= 4 is 5.69 Å². The van der Waals surface area contributed by atoms with Gasteiger partial charge < -0.3 is 15.0 Å². The second-order valence-corrected chi connectivity index (χ2v) is 5.14. The molecule has 0 heterocycles. The number of anilines is 1. The molecular weight excluding hydrogens is 260 g/mol. The van der Waals surface area contributed by atoms with Crippen LogP contribution in [-0.2, 0) is 17.8 Å². The number of ether oxygens (including phenoxy) is 1. The Morgan fingerprint density at radius 3 is 2.48 bits per heavy atom. The highest BCUT2D eigenvalue weighted by atomic mass is 16.5. The van der Waals surface area contributed by atoms with E-state index in [2.05, 4.69) is 71.9 Å². The van der Waals surface area contributed by atoms with Gasteiger partial charge in [0.15, 0.2) is 0 Å². The number of para-hydroxylation sites is 1. The highest BCUT2D eigenvalue weighted by molar-refractivity contribution is 5.53. The van der Waals surface area contributed by atoms with Crippen LogP contribution in [0.5, 0.6) is 0 Å². The molecular formula is C18H24N2O. The lowest BCUT2D eigenvalue weighted by atomic mass is 10.1. The summed E-state index contributed by atoms with van der Waals surface area (Å²) in [5.41, 5.74) is 3.90. The zero-order chi connectivity index (χ0) is 14.9. The van der Waals surface area contributed by atoms with Crippen LogP contribution in [0.25, 0.3) is 0 Å². The molecule has 0 unspecified atom stereocenters. The highest BCUT2D eigenvalue weighted by Crippen LogP contribution is 2.20. The molecule has 1 N–H and O–H groups in total. The number of benzene rings is 2. The summed E-state index contributed by atoms with van der Waals surface area (Å²) in [5.74, 6) is 0. The van der Waals surface area contributed by atoms with Crippen LogP contribution < -0.4 is 10.2 Å². The van der Waals surface area contributed by atoms with Crippen molar-refractivity contribution in [3.63, 3.8) is 0 Å². The molecule has 0 fully saturated rings. The number of hydrogen-bond acceptors (Lipinski definition) is 3. The first-order valence-electron chi connectivity index (χ1n) is 7.34. The van der Waals surface area contributed by atoms with E-state index >= 15 is 0 Å². The molecule has 3 nitrogen and oxygen atoms in total. The molecule has 0 amide bonds. The molecule has 0 bridgehead atoms. The predicted octanol–water partition coefficient (Wildman–Crippen LogP) is 3.06. The molecule has 0 spiro atoms. The number of rotatable bonds is 8. The molecule has 2 aromatic rings. The van der Waals surface area contributed by atoms with Gasteiger partial charge in [0.1, 0.15) is 0 Å². The fourth-order valence-corrected chi connectivity index (χ4v) is 2.37. The standard InChI is InChI=1S/C18H24N2O/c1-20(15-16-8-4-3-5-9-16)18-11-7-6-10-17(18)14-19-12-13-21-2/h3-11,19H,12-15H2,1-2H3. The Balaban J connectivity index is 2.01. The summed E-state index contributed by atoms with van der Waals surface area (Å²) >= 11 is 0. The second-order valence-electron chi connectivity index (χ2n) is 5.14. The van der Waals surface area contributed by atoms with Gasteiger partial charge in [0.2, 0.25) is 0 Å². The summed E-state index contributed by atoms with van der Waals surface area (Å²) in [6.07, 6.45) is 0. The Morgan fingerprint density at radius 1 is 1.00 bits per heavy atom. The molecule has 2 rings (SSSR count). The van der Waals surface area contributed by atoms with E-state index in [1.165, 1.54) is 16.8 Å². The molecule has 0 aliphatic carbocycles. The van der Waals surface area contributed by atoms with Crippen molar-refractivity contribution in [3.8, 4) is 0 Å². The van der Waals surface area contributed by atoms with Crippen molar-refractivity contribution in [2.45, 2.75) is 13.1 Å². The summed E-state index contributed by atoms with van der Waals surface area (Å²) in [6.45, 7) is 3.38. The Labute approximate surface area is 127 Å². The molecule has 0 aliphatic rings. The van der Waals surface area contributed by atoms with E-state index in [4.69, 9.17) is 4.74 Å². The average molecular weight is 284 g/mol. The summed E-state index contributed by atoms with van der Waals surface area (Å²) < 4.78 is 5.06. The minimum absolute atomic E-state index is 0.738. The van der Waals surface area contributed by atoms with Gasteiger partial charge in [-0.15, -0.1) is 0 Å². The first kappa shape index (κ1) is 15.5. The number of methoxy groups -OCH3 is 1. The van der Waals surface area contributed by atoms with Gasteiger partial charge in [-0.3, -0.25) is 0 Å². The Bertz CT molecular complexity index is 528. The van der Waals surface area contributed by atoms with Crippen LogP contribution in [0, 0.1) is 0 Å². The van der Waals surface area contributed by atoms with Crippen LogP contribution in [-0.4, -0.2) is 27.3 Å². The van der Waals surface area contributed by atoms with Crippen molar-refractivity contribution < 1.29 is 4.74 Å². The van der Waals surface area contributed by atoms with Gasteiger partial charge in [-0.1, -0.05) is 48.5 Å². The van der Waals surface area contributed by atoms with Crippen LogP contribution >= 0.6 is 0 Å². The number of nitrogens with zero attached hydrogens (tertiary/aromatic N) is 1. The monoisotopic (exact) mass is 284 g/mol. The van der Waals surface area contributed by atoms with Gasteiger partial charge in [0.25, 0.3) is 0 Å². The summed E-state index contributed by atoms with van der Waals surface area (Å²) in [4.78, 5) is 2.29. The minimum atomic E-state index is 0.738. The van der Waals surface area contributed by atoms with Gasteiger partial charge in [0.05, 0.1) is 6.61 Å². The predicted molar refractivity (Wildman–Crippen MR) is 88.6 cm³/mol. The molecule has 0 aromatic heterocycles. The van der Waals surface area contributed by atoms with Gasteiger partial charge in [-0.2, -0.15) is 0 Å². The lowest BCUT2D eigenvalue weighted by Crippen LogP contribution is -2.22. The van der Waals surface area contributed by atoms with Crippen LogP contribution in [0.4, 0.5) is 5.69 Å². The third-order valence-corrected chi connectivity index (χ3v) is 3.46. The van der Waals surface area contributed by atoms with E-state index in [9.17, 15) is 0 Å². The maximum atomic E-state index is 5.06. The lowest BCUT2D eigenvalue weighted by Gasteiger charge is -2.23. The Kier molecular flexibility index (Phi) is 6.25. The smallest absolute Gasteiger partial charge is 0.0587 e. The normalized spacial score (nSPS) is 10.6. The second kappa shape index (κ2) is 8.45. The lowest BCUT2D eigenvalue weighted by molar-refractivity contribution is 0.199. The maximum Gasteiger partial charge on any atom is 0.0587 e. The van der Waals surface area contributed by atoms with Gasteiger partial charge in [-0.05, 0) is 17.2 Å². The summed E-state index contributed by atoms with van der Waals surface area (Å²) in [6, 6.07) is 19.1. The summed E-state index contributed by atoms with van der Waals surface area (Å²) in [5, 5.41) is 3.41. The third-order valence-electron chi connectivity index (χ3n) is 3.46. The molecule has 0 saturated heterocycles. The highest BCUT2D eigenvalue weighted by Gasteiger charge is 2.07. The topological polar surface area (TPSA) is 24.5 Å². The van der Waals surface area contributed by atoms with Crippen molar-refractivity contribution in [1.82, 2.24) is 5.32 Å². The average Bonchev–Trinajstić information content (AvgIpc) is 2.53. The SMILES string of the molecule is COCCNCc1ccccc1N(C)Cc1ccccc1. The first-order valence-corrected chi connectivity index (χ1v) is 7.34. The molecule has 21 heavy (non-hydrogen) atoms. The minimum Gasteiger partial charge on any atom is -0.383 e. The maximum absolute atomic E-state index is 5.06. The van der Waals surface area contributed by atoms with Gasteiger partial charge in [-0.25, -0.2) is 0 Å². The van der Waals surface area contributed by atoms with Crippen molar-refractivity contribution in [2.75, 3.05) is 32.2 Å². The molecule has 112 valence electrons. The van der Waals surface area contributed by atoms with E-state index in [1.807, 2.05) is 0 Å². The van der Waals surface area contributed by atoms with Crippen LogP contribution in [0.3, 0.4) is 0 Å². The zero-order valence-electron chi connectivity index (χ0n) is 12.9. The zero-order valence-corrected chi connectivity index (χ0v) is 12.9. The van der Waals surface area contributed by atoms with E-state index in [0.29, 0.717) is 0 Å². The molecule has 2 aromatic carbocycles. The molecule has 0 saturated carbocycles. The van der Waals surface area contributed by atoms with Gasteiger partial charge in [0, 0.05) is 39.5 Å². The third kappa shape index (κ3) is 4.88. The first-order chi connectivity index (χ1) is 10.3. The van der Waals surface area contributed by atoms with Gasteiger partial charge >= 0.3 is 0 Å². The quantitative estimate of drug-likeness (QED) is 0.754. The Morgan fingerprint density at radius 2 is 1.71 bits per heavy atom. The fraction of sp³-hybridized carbons (Fsp3) is 0.333. The molecule has 0 radical (unpaired) electrons. The van der Waals surface area contributed by atoms with E-state index in [-0.39, 0.29) is 0 Å². The fourth-order valence-electron chi connectivity index (χ4n) is 2.37. The van der Waals surface area contributed by atoms with Crippen LogP contribution in [0.2, 0.25) is 0 Å². The number of nitrogens with one attached hydrogen (secondary N) is 1. The van der Waals surface area contributed by atoms with E-state index in [0.717, 1.165) is 26.2 Å². The van der Waals surface area contributed by atoms with Crippen LogP contribution in [0.15, 0.2) is 54.6 Å². The van der Waals surface area contributed by atoms with Crippen molar-refractivity contribution in [2.24, 2.45) is 0 Å². The molecule has 3 heteroatoms. The van der Waals surface area contributed by atoms with Crippen molar-refractivity contribution in [1.29, 1.82) is 0 Å².